The predicted molar refractivity (Wildman–Crippen MR) is 80.1 cm³/mol. The van der Waals surface area contributed by atoms with Crippen molar-refractivity contribution in [1.29, 1.82) is 0 Å². The number of hydrogen-bond donors (Lipinski definition) is 1. The molecule has 0 saturated heterocycles. The fourth-order valence-electron chi connectivity index (χ4n) is 3.17. The van der Waals surface area contributed by atoms with Gasteiger partial charge in [-0.1, -0.05) is 43.5 Å². The Morgan fingerprint density at radius 1 is 1.37 bits per heavy atom. The van der Waals surface area contributed by atoms with Crippen LogP contribution in [-0.4, -0.2) is 12.1 Å². The van der Waals surface area contributed by atoms with Gasteiger partial charge >= 0.3 is 0 Å². The third kappa shape index (κ3) is 3.58. The lowest BCUT2D eigenvalue weighted by Gasteiger charge is -2.39. The lowest BCUT2D eigenvalue weighted by atomic mass is 9.79. The van der Waals surface area contributed by atoms with Gasteiger partial charge in [0.1, 0.15) is 0 Å². The standard InChI is InChI=1S/C17H27NO/c1-13-6-7-15(3)16(9-13)11-19-17(12-18)8-4-5-14(2)10-17/h6-7,9,14H,4-5,8,10-12,18H2,1-3H3. The zero-order valence-electron chi connectivity index (χ0n) is 12.5. The number of rotatable bonds is 4. The maximum absolute atomic E-state index is 6.29. The first-order valence-electron chi connectivity index (χ1n) is 7.45. The Morgan fingerprint density at radius 3 is 2.84 bits per heavy atom. The van der Waals surface area contributed by atoms with Gasteiger partial charge in [-0.25, -0.2) is 0 Å². The van der Waals surface area contributed by atoms with Crippen LogP contribution in [0.2, 0.25) is 0 Å². The second kappa shape index (κ2) is 6.06. The van der Waals surface area contributed by atoms with Gasteiger partial charge in [-0.05, 0) is 43.7 Å². The third-order valence-corrected chi connectivity index (χ3v) is 4.46. The fourth-order valence-corrected chi connectivity index (χ4v) is 3.17. The Balaban J connectivity index is 2.05. The SMILES string of the molecule is Cc1ccc(C)c(COC2(CN)CCCC(C)C2)c1. The van der Waals surface area contributed by atoms with Crippen LogP contribution in [0, 0.1) is 19.8 Å². The molecule has 1 aliphatic carbocycles. The molecule has 0 amide bonds. The molecule has 1 aromatic carbocycles. The van der Waals surface area contributed by atoms with Gasteiger partial charge in [0.25, 0.3) is 0 Å². The van der Waals surface area contributed by atoms with Crippen LogP contribution in [0.1, 0.15) is 49.3 Å². The van der Waals surface area contributed by atoms with E-state index in [-0.39, 0.29) is 5.60 Å². The van der Waals surface area contributed by atoms with E-state index in [1.165, 1.54) is 29.5 Å². The van der Waals surface area contributed by atoms with Gasteiger partial charge in [-0.15, -0.1) is 0 Å². The van der Waals surface area contributed by atoms with Gasteiger partial charge in [0.15, 0.2) is 0 Å². The fraction of sp³-hybridized carbons (Fsp3) is 0.647. The topological polar surface area (TPSA) is 35.2 Å². The van der Waals surface area contributed by atoms with E-state index in [0.29, 0.717) is 13.2 Å². The highest BCUT2D eigenvalue weighted by Gasteiger charge is 2.34. The first-order chi connectivity index (χ1) is 9.04. The molecule has 0 aliphatic heterocycles. The Hall–Kier alpha value is -0.860. The average Bonchev–Trinajstić information content (AvgIpc) is 2.40. The molecule has 106 valence electrons. The van der Waals surface area contributed by atoms with Crippen LogP contribution < -0.4 is 5.73 Å². The predicted octanol–water partition coefficient (Wildman–Crippen LogP) is 3.73. The van der Waals surface area contributed by atoms with Gasteiger partial charge in [0.2, 0.25) is 0 Å². The van der Waals surface area contributed by atoms with Gasteiger partial charge in [-0.2, -0.15) is 0 Å². The maximum Gasteiger partial charge on any atom is 0.0811 e. The normalized spacial score (nSPS) is 27.5. The Bertz CT molecular complexity index is 429. The lowest BCUT2D eigenvalue weighted by Crippen LogP contribution is -2.44. The molecule has 1 aliphatic rings. The molecule has 2 unspecified atom stereocenters. The van der Waals surface area contributed by atoms with E-state index in [2.05, 4.69) is 39.0 Å². The first kappa shape index (κ1) is 14.5. The van der Waals surface area contributed by atoms with E-state index in [1.54, 1.807) is 0 Å². The minimum absolute atomic E-state index is 0.0894. The summed E-state index contributed by atoms with van der Waals surface area (Å²) in [7, 11) is 0. The van der Waals surface area contributed by atoms with Crippen molar-refractivity contribution in [2.45, 2.75) is 58.7 Å². The number of benzene rings is 1. The highest BCUT2D eigenvalue weighted by molar-refractivity contribution is 5.29. The van der Waals surface area contributed by atoms with E-state index in [1.807, 2.05) is 0 Å². The summed E-state index contributed by atoms with van der Waals surface area (Å²) in [6.45, 7) is 7.92. The van der Waals surface area contributed by atoms with Crippen LogP contribution in [0.3, 0.4) is 0 Å². The number of ether oxygens (including phenoxy) is 1. The molecule has 0 radical (unpaired) electrons. The summed E-state index contributed by atoms with van der Waals surface area (Å²) in [6.07, 6.45) is 4.77. The molecule has 0 bridgehead atoms. The highest BCUT2D eigenvalue weighted by atomic mass is 16.5. The summed E-state index contributed by atoms with van der Waals surface area (Å²) in [5.74, 6) is 0.732. The minimum Gasteiger partial charge on any atom is -0.369 e. The van der Waals surface area contributed by atoms with Gasteiger partial charge < -0.3 is 10.5 Å². The summed E-state index contributed by atoms with van der Waals surface area (Å²) in [5, 5.41) is 0. The quantitative estimate of drug-likeness (QED) is 0.896. The van der Waals surface area contributed by atoms with Gasteiger partial charge in [0.05, 0.1) is 12.2 Å². The molecule has 1 saturated carbocycles. The van der Waals surface area contributed by atoms with E-state index in [0.717, 1.165) is 18.8 Å². The van der Waals surface area contributed by atoms with Crippen molar-refractivity contribution in [2.75, 3.05) is 6.54 Å². The molecule has 2 heteroatoms. The van der Waals surface area contributed by atoms with Gasteiger partial charge in [0, 0.05) is 6.54 Å². The van der Waals surface area contributed by atoms with Crippen LogP contribution in [0.25, 0.3) is 0 Å². The summed E-state index contributed by atoms with van der Waals surface area (Å²) < 4.78 is 6.29. The summed E-state index contributed by atoms with van der Waals surface area (Å²) >= 11 is 0. The largest absolute Gasteiger partial charge is 0.369 e. The van der Waals surface area contributed by atoms with Crippen molar-refractivity contribution in [3.8, 4) is 0 Å². The van der Waals surface area contributed by atoms with Gasteiger partial charge in [-0.3, -0.25) is 0 Å². The summed E-state index contributed by atoms with van der Waals surface area (Å²) in [5.41, 5.74) is 9.82. The van der Waals surface area contributed by atoms with E-state index < -0.39 is 0 Å². The number of hydrogen-bond acceptors (Lipinski definition) is 2. The van der Waals surface area contributed by atoms with Crippen LogP contribution in [0.4, 0.5) is 0 Å². The highest BCUT2D eigenvalue weighted by Crippen LogP contribution is 2.35. The van der Waals surface area contributed by atoms with Crippen molar-refractivity contribution < 1.29 is 4.74 Å². The smallest absolute Gasteiger partial charge is 0.0811 e. The summed E-state index contributed by atoms with van der Waals surface area (Å²) in [6, 6.07) is 6.55. The maximum atomic E-state index is 6.29. The van der Waals surface area contributed by atoms with Crippen LogP contribution >= 0.6 is 0 Å². The molecular weight excluding hydrogens is 234 g/mol. The van der Waals surface area contributed by atoms with Crippen molar-refractivity contribution in [3.05, 3.63) is 34.9 Å². The Labute approximate surface area is 117 Å². The average molecular weight is 261 g/mol. The lowest BCUT2D eigenvalue weighted by molar-refractivity contribution is -0.0841. The molecule has 1 fully saturated rings. The minimum atomic E-state index is -0.0894. The molecule has 0 aromatic heterocycles. The monoisotopic (exact) mass is 261 g/mol. The molecule has 2 nitrogen and oxygen atoms in total. The van der Waals surface area contributed by atoms with E-state index in [9.17, 15) is 0 Å². The second-order valence-corrected chi connectivity index (χ2v) is 6.31. The molecule has 0 heterocycles. The summed E-state index contributed by atoms with van der Waals surface area (Å²) in [4.78, 5) is 0. The molecule has 2 atom stereocenters. The zero-order chi connectivity index (χ0) is 13.9. The van der Waals surface area contributed by atoms with Crippen molar-refractivity contribution in [2.24, 2.45) is 11.7 Å². The van der Waals surface area contributed by atoms with Crippen LogP contribution in [0.5, 0.6) is 0 Å². The van der Waals surface area contributed by atoms with Crippen molar-refractivity contribution in [3.63, 3.8) is 0 Å². The van der Waals surface area contributed by atoms with Crippen LogP contribution in [-0.2, 0) is 11.3 Å². The number of nitrogens with two attached hydrogens (primary N) is 1. The molecule has 0 spiro atoms. The van der Waals surface area contributed by atoms with Crippen molar-refractivity contribution >= 4 is 0 Å². The molecule has 19 heavy (non-hydrogen) atoms. The van der Waals surface area contributed by atoms with E-state index in [4.69, 9.17) is 10.5 Å². The second-order valence-electron chi connectivity index (χ2n) is 6.31. The van der Waals surface area contributed by atoms with E-state index >= 15 is 0 Å². The molecular formula is C17H27NO. The third-order valence-electron chi connectivity index (χ3n) is 4.46. The molecule has 2 N–H and O–H groups in total. The Morgan fingerprint density at radius 2 is 2.16 bits per heavy atom. The van der Waals surface area contributed by atoms with Crippen molar-refractivity contribution in [1.82, 2.24) is 0 Å². The first-order valence-corrected chi connectivity index (χ1v) is 7.45. The Kier molecular flexibility index (Phi) is 4.64. The number of aryl methyl sites for hydroxylation is 2. The molecule has 1 aromatic rings. The molecule has 2 rings (SSSR count). The zero-order valence-corrected chi connectivity index (χ0v) is 12.5. The van der Waals surface area contributed by atoms with Crippen LogP contribution in [0.15, 0.2) is 18.2 Å².